The Balaban J connectivity index is 0.00000576. The maximum absolute atomic E-state index is 5.43. The average Bonchev–Trinajstić information content (AvgIpc) is 3.02. The number of halogens is 1. The van der Waals surface area contributed by atoms with E-state index in [4.69, 9.17) is 4.52 Å². The largest absolute Gasteiger partial charge is 0.359 e. The lowest BCUT2D eigenvalue weighted by atomic mass is 9.99. The van der Waals surface area contributed by atoms with Gasteiger partial charge in [-0.2, -0.15) is 0 Å². The molecule has 7 heteroatoms. The van der Waals surface area contributed by atoms with Crippen molar-refractivity contribution in [1.29, 1.82) is 0 Å². The monoisotopic (exact) mass is 465 g/mol. The molecular weight excluding hydrogens is 429 g/mol. The van der Waals surface area contributed by atoms with Crippen molar-refractivity contribution in [2.45, 2.75) is 66.0 Å². The van der Waals surface area contributed by atoms with Gasteiger partial charge in [0.15, 0.2) is 11.7 Å². The molecule has 0 aliphatic heterocycles. The van der Waals surface area contributed by atoms with Crippen molar-refractivity contribution in [2.24, 2.45) is 4.99 Å². The maximum atomic E-state index is 5.43. The van der Waals surface area contributed by atoms with E-state index in [9.17, 15) is 0 Å². The summed E-state index contributed by atoms with van der Waals surface area (Å²) in [6.45, 7) is 14.0. The highest BCUT2D eigenvalue weighted by Gasteiger charge is 2.12. The molecule has 0 saturated heterocycles. The number of aromatic nitrogens is 1. The summed E-state index contributed by atoms with van der Waals surface area (Å²) in [6.07, 6.45) is 2.17. The average molecular weight is 465 g/mol. The van der Waals surface area contributed by atoms with Crippen LogP contribution >= 0.6 is 24.0 Å². The lowest BCUT2D eigenvalue weighted by Gasteiger charge is -2.21. The van der Waals surface area contributed by atoms with E-state index in [-0.39, 0.29) is 24.0 Å². The molecule has 25 heavy (non-hydrogen) atoms. The quantitative estimate of drug-likeness (QED) is 0.314. The van der Waals surface area contributed by atoms with Crippen LogP contribution in [0.15, 0.2) is 15.6 Å². The molecule has 1 rings (SSSR count). The SMILES string of the molecule is CCNC(=NCc1cc(C(CC)CC)no1)NCCN(C)C(C)C.I. The van der Waals surface area contributed by atoms with Gasteiger partial charge in [-0.3, -0.25) is 0 Å². The maximum Gasteiger partial charge on any atom is 0.191 e. The van der Waals surface area contributed by atoms with Gasteiger partial charge in [0.05, 0.1) is 5.69 Å². The van der Waals surface area contributed by atoms with Gasteiger partial charge in [-0.05, 0) is 40.7 Å². The Hall–Kier alpha value is -0.830. The second-order valence-corrected chi connectivity index (χ2v) is 6.43. The van der Waals surface area contributed by atoms with Gasteiger partial charge in [-0.1, -0.05) is 19.0 Å². The minimum absolute atomic E-state index is 0. The number of rotatable bonds is 10. The Labute approximate surface area is 170 Å². The normalized spacial score (nSPS) is 12.0. The molecule has 0 saturated carbocycles. The third kappa shape index (κ3) is 8.89. The molecule has 1 heterocycles. The topological polar surface area (TPSA) is 65.7 Å². The fourth-order valence-corrected chi connectivity index (χ4v) is 2.41. The number of hydrogen-bond donors (Lipinski definition) is 2. The molecule has 0 aromatic carbocycles. The standard InChI is InChI=1S/C18H35N5O.HI/c1-7-15(8-2)17-12-16(24-22-17)13-21-18(19-9-3)20-10-11-23(6)14(4)5;/h12,14-15H,7-11,13H2,1-6H3,(H2,19,20,21);1H. The fraction of sp³-hybridized carbons (Fsp3) is 0.778. The van der Waals surface area contributed by atoms with Crippen molar-refractivity contribution in [1.82, 2.24) is 20.7 Å². The van der Waals surface area contributed by atoms with Crippen molar-refractivity contribution in [3.8, 4) is 0 Å². The second kappa shape index (κ2) is 13.4. The zero-order chi connectivity index (χ0) is 17.9. The first kappa shape index (κ1) is 24.2. The number of likely N-dealkylation sites (N-methyl/N-ethyl adjacent to an activating group) is 1. The van der Waals surface area contributed by atoms with Gasteiger partial charge in [0.25, 0.3) is 0 Å². The number of aliphatic imine (C=N–C) groups is 1. The van der Waals surface area contributed by atoms with Crippen LogP contribution in [0.25, 0.3) is 0 Å². The van der Waals surface area contributed by atoms with E-state index in [1.165, 1.54) is 0 Å². The van der Waals surface area contributed by atoms with E-state index < -0.39 is 0 Å². The van der Waals surface area contributed by atoms with Gasteiger partial charge >= 0.3 is 0 Å². The molecule has 0 amide bonds. The summed E-state index contributed by atoms with van der Waals surface area (Å²) in [7, 11) is 2.13. The van der Waals surface area contributed by atoms with Crippen LogP contribution < -0.4 is 10.6 Å². The number of hydrogen-bond acceptors (Lipinski definition) is 4. The van der Waals surface area contributed by atoms with E-state index >= 15 is 0 Å². The molecule has 146 valence electrons. The molecule has 0 unspecified atom stereocenters. The van der Waals surface area contributed by atoms with Crippen molar-refractivity contribution in [2.75, 3.05) is 26.7 Å². The van der Waals surface area contributed by atoms with Crippen LogP contribution in [0.3, 0.4) is 0 Å². The highest BCUT2D eigenvalue weighted by Crippen LogP contribution is 2.22. The summed E-state index contributed by atoms with van der Waals surface area (Å²) in [5.41, 5.74) is 1.04. The Kier molecular flexibility index (Phi) is 12.9. The van der Waals surface area contributed by atoms with Crippen molar-refractivity contribution < 1.29 is 4.52 Å². The zero-order valence-corrected chi connectivity index (χ0v) is 19.0. The van der Waals surface area contributed by atoms with E-state index in [0.29, 0.717) is 18.5 Å². The summed E-state index contributed by atoms with van der Waals surface area (Å²) in [4.78, 5) is 6.89. The highest BCUT2D eigenvalue weighted by molar-refractivity contribution is 14.0. The van der Waals surface area contributed by atoms with Gasteiger partial charge in [0.2, 0.25) is 0 Å². The lowest BCUT2D eigenvalue weighted by Crippen LogP contribution is -2.42. The smallest absolute Gasteiger partial charge is 0.191 e. The molecule has 1 aromatic rings. The Morgan fingerprint density at radius 1 is 1.24 bits per heavy atom. The first-order valence-corrected chi connectivity index (χ1v) is 9.19. The zero-order valence-electron chi connectivity index (χ0n) is 16.6. The van der Waals surface area contributed by atoms with Gasteiger partial charge in [0.1, 0.15) is 6.54 Å². The van der Waals surface area contributed by atoms with Crippen LogP contribution in [0, 0.1) is 0 Å². The van der Waals surface area contributed by atoms with Crippen LogP contribution in [-0.4, -0.2) is 48.7 Å². The molecule has 0 atom stereocenters. The minimum Gasteiger partial charge on any atom is -0.359 e. The Morgan fingerprint density at radius 2 is 1.92 bits per heavy atom. The van der Waals surface area contributed by atoms with Gasteiger partial charge in [-0.15, -0.1) is 24.0 Å². The fourth-order valence-electron chi connectivity index (χ4n) is 2.41. The molecule has 1 aromatic heterocycles. The van der Waals surface area contributed by atoms with Gasteiger partial charge < -0.3 is 20.1 Å². The van der Waals surface area contributed by atoms with E-state index in [1.54, 1.807) is 0 Å². The first-order valence-electron chi connectivity index (χ1n) is 9.19. The van der Waals surface area contributed by atoms with Crippen LogP contribution in [0.4, 0.5) is 0 Å². The number of nitrogens with one attached hydrogen (secondary N) is 2. The Morgan fingerprint density at radius 3 is 2.48 bits per heavy atom. The van der Waals surface area contributed by atoms with Gasteiger partial charge in [-0.25, -0.2) is 4.99 Å². The van der Waals surface area contributed by atoms with Crippen LogP contribution in [0.5, 0.6) is 0 Å². The summed E-state index contributed by atoms with van der Waals surface area (Å²) in [5.74, 6) is 2.10. The van der Waals surface area contributed by atoms with Crippen LogP contribution in [0.2, 0.25) is 0 Å². The third-order valence-corrected chi connectivity index (χ3v) is 4.36. The molecule has 0 radical (unpaired) electrons. The highest BCUT2D eigenvalue weighted by atomic mass is 127. The van der Waals surface area contributed by atoms with Gasteiger partial charge in [0, 0.05) is 37.7 Å². The molecule has 0 spiro atoms. The second-order valence-electron chi connectivity index (χ2n) is 6.43. The molecule has 0 fully saturated rings. The molecule has 6 nitrogen and oxygen atoms in total. The predicted octanol–water partition coefficient (Wildman–Crippen LogP) is 3.59. The summed E-state index contributed by atoms with van der Waals surface area (Å²) < 4.78 is 5.43. The summed E-state index contributed by atoms with van der Waals surface area (Å²) in [5, 5.41) is 10.8. The molecule has 0 bridgehead atoms. The third-order valence-electron chi connectivity index (χ3n) is 4.36. The predicted molar refractivity (Wildman–Crippen MR) is 116 cm³/mol. The number of guanidine groups is 1. The van der Waals surface area contributed by atoms with Crippen molar-refractivity contribution >= 4 is 29.9 Å². The molecule has 2 N–H and O–H groups in total. The van der Waals surface area contributed by atoms with Crippen molar-refractivity contribution in [3.05, 3.63) is 17.5 Å². The summed E-state index contributed by atoms with van der Waals surface area (Å²) in [6, 6.07) is 2.58. The molecule has 0 aliphatic carbocycles. The van der Waals surface area contributed by atoms with Crippen LogP contribution in [-0.2, 0) is 6.54 Å². The Bertz CT molecular complexity index is 486. The summed E-state index contributed by atoms with van der Waals surface area (Å²) >= 11 is 0. The van der Waals surface area contributed by atoms with Crippen LogP contribution in [0.1, 0.15) is 64.8 Å². The lowest BCUT2D eigenvalue weighted by molar-refractivity contribution is 0.278. The number of nitrogens with zero attached hydrogens (tertiary/aromatic N) is 3. The van der Waals surface area contributed by atoms with E-state index in [0.717, 1.165) is 49.9 Å². The van der Waals surface area contributed by atoms with E-state index in [1.807, 2.05) is 6.07 Å². The van der Waals surface area contributed by atoms with Crippen molar-refractivity contribution in [3.63, 3.8) is 0 Å². The first-order chi connectivity index (χ1) is 11.5. The van der Waals surface area contributed by atoms with E-state index in [2.05, 4.69) is 67.3 Å². The minimum atomic E-state index is 0. The molecule has 0 aliphatic rings. The molecular formula is C18H36IN5O.